The highest BCUT2D eigenvalue weighted by atomic mass is 79.9. The summed E-state index contributed by atoms with van der Waals surface area (Å²) >= 11 is 6.83. The Balaban J connectivity index is 1.87. The monoisotopic (exact) mass is 379 g/mol. The van der Waals surface area contributed by atoms with Gasteiger partial charge in [-0.05, 0) is 29.3 Å². The first-order valence-electron chi connectivity index (χ1n) is 5.95. The van der Waals surface area contributed by atoms with Crippen LogP contribution in [0.15, 0.2) is 51.4 Å². The molecule has 2 aromatic carbocycles. The number of halogens is 2. The van der Waals surface area contributed by atoms with E-state index in [1.807, 2.05) is 35.2 Å². The molecule has 0 bridgehead atoms. The van der Waals surface area contributed by atoms with E-state index in [2.05, 4.69) is 44.0 Å². The Morgan fingerprint density at radius 2 is 1.47 bits per heavy atom. The minimum absolute atomic E-state index is 0.0678. The maximum Gasteiger partial charge on any atom is 0.254 e. The van der Waals surface area contributed by atoms with E-state index in [1.54, 1.807) is 0 Å². The van der Waals surface area contributed by atoms with Crippen molar-refractivity contribution in [3.05, 3.63) is 68.1 Å². The molecule has 0 saturated carbocycles. The van der Waals surface area contributed by atoms with Crippen molar-refractivity contribution < 1.29 is 4.79 Å². The van der Waals surface area contributed by atoms with Crippen LogP contribution in [0.2, 0.25) is 0 Å². The van der Waals surface area contributed by atoms with Crippen LogP contribution in [-0.2, 0) is 13.1 Å². The highest BCUT2D eigenvalue weighted by molar-refractivity contribution is 9.11. The van der Waals surface area contributed by atoms with E-state index < -0.39 is 0 Å². The van der Waals surface area contributed by atoms with Gasteiger partial charge in [-0.15, -0.1) is 0 Å². The molecule has 2 nitrogen and oxygen atoms in total. The molecule has 0 radical (unpaired) electrons. The normalized spacial score (nSPS) is 13.5. The Morgan fingerprint density at radius 1 is 0.947 bits per heavy atom. The number of rotatable bonds is 1. The topological polar surface area (TPSA) is 20.3 Å². The molecular formula is C15H11Br2NO. The fraction of sp³-hybridized carbons (Fsp3) is 0.133. The number of nitrogens with zero attached hydrogens (tertiary/aromatic N) is 1. The van der Waals surface area contributed by atoms with Crippen molar-refractivity contribution in [1.82, 2.24) is 4.90 Å². The predicted octanol–water partition coefficient (Wildman–Crippen LogP) is 4.37. The van der Waals surface area contributed by atoms with Gasteiger partial charge in [0.1, 0.15) is 0 Å². The summed E-state index contributed by atoms with van der Waals surface area (Å²) in [4.78, 5) is 14.4. The second kappa shape index (κ2) is 5.10. The third kappa shape index (κ3) is 2.60. The second-order valence-electron chi connectivity index (χ2n) is 4.59. The molecule has 3 rings (SSSR count). The molecule has 0 fully saturated rings. The van der Waals surface area contributed by atoms with Crippen molar-refractivity contribution in [3.8, 4) is 0 Å². The third-order valence-electron chi connectivity index (χ3n) is 3.24. The van der Waals surface area contributed by atoms with Gasteiger partial charge in [-0.3, -0.25) is 4.79 Å². The summed E-state index contributed by atoms with van der Waals surface area (Å²) < 4.78 is 1.81. The van der Waals surface area contributed by atoms with Gasteiger partial charge >= 0.3 is 0 Å². The lowest BCUT2D eigenvalue weighted by molar-refractivity contribution is 0.0751. The lowest BCUT2D eigenvalue weighted by Gasteiger charge is -2.15. The zero-order valence-electron chi connectivity index (χ0n) is 10.1. The van der Waals surface area contributed by atoms with Gasteiger partial charge in [-0.25, -0.2) is 0 Å². The molecule has 1 heterocycles. The van der Waals surface area contributed by atoms with Crippen LogP contribution in [0.3, 0.4) is 0 Å². The molecule has 0 atom stereocenters. The number of hydrogen-bond donors (Lipinski definition) is 0. The molecule has 1 amide bonds. The van der Waals surface area contributed by atoms with Gasteiger partial charge in [-0.1, -0.05) is 56.1 Å². The summed E-state index contributed by atoms with van der Waals surface area (Å²) in [5.41, 5.74) is 3.18. The van der Waals surface area contributed by atoms with Crippen LogP contribution in [0.1, 0.15) is 21.5 Å². The van der Waals surface area contributed by atoms with Crippen LogP contribution in [-0.4, -0.2) is 10.8 Å². The molecule has 0 N–H and O–H groups in total. The molecule has 1 aliphatic heterocycles. The molecule has 0 aromatic heterocycles. The summed E-state index contributed by atoms with van der Waals surface area (Å²) in [6.45, 7) is 1.39. The van der Waals surface area contributed by atoms with E-state index in [9.17, 15) is 4.79 Å². The fourth-order valence-electron chi connectivity index (χ4n) is 2.34. The van der Waals surface area contributed by atoms with Crippen LogP contribution >= 0.6 is 31.9 Å². The molecule has 0 aliphatic carbocycles. The van der Waals surface area contributed by atoms with Crippen LogP contribution in [0, 0.1) is 0 Å². The standard InChI is InChI=1S/C15H11Br2NO/c16-13-5-12(6-14(17)7-13)15(19)18-8-10-3-1-2-4-11(10)9-18/h1-7H,8-9H2. The number of benzene rings is 2. The van der Waals surface area contributed by atoms with E-state index in [0.29, 0.717) is 18.7 Å². The lowest BCUT2D eigenvalue weighted by atomic mass is 10.1. The fourth-order valence-corrected chi connectivity index (χ4v) is 3.63. The van der Waals surface area contributed by atoms with Gasteiger partial charge in [0.25, 0.3) is 5.91 Å². The zero-order chi connectivity index (χ0) is 13.4. The summed E-state index contributed by atoms with van der Waals surface area (Å²) in [6, 6.07) is 13.8. The zero-order valence-corrected chi connectivity index (χ0v) is 13.2. The van der Waals surface area contributed by atoms with Crippen molar-refractivity contribution in [2.75, 3.05) is 0 Å². The Morgan fingerprint density at radius 3 is 2.00 bits per heavy atom. The minimum atomic E-state index is 0.0678. The summed E-state index contributed by atoms with van der Waals surface area (Å²) in [6.07, 6.45) is 0. The molecule has 4 heteroatoms. The van der Waals surface area contributed by atoms with Crippen LogP contribution in [0.25, 0.3) is 0 Å². The smallest absolute Gasteiger partial charge is 0.254 e. The van der Waals surface area contributed by atoms with Gasteiger partial charge in [0.2, 0.25) is 0 Å². The van der Waals surface area contributed by atoms with Gasteiger partial charge < -0.3 is 4.90 Å². The van der Waals surface area contributed by atoms with Crippen molar-refractivity contribution >= 4 is 37.8 Å². The van der Waals surface area contributed by atoms with Crippen LogP contribution in [0.5, 0.6) is 0 Å². The number of fused-ring (bicyclic) bond motifs is 1. The Labute approximate surface area is 128 Å². The van der Waals surface area contributed by atoms with E-state index >= 15 is 0 Å². The number of carbonyl (C=O) groups is 1. The van der Waals surface area contributed by atoms with Crippen molar-refractivity contribution in [2.45, 2.75) is 13.1 Å². The van der Waals surface area contributed by atoms with Gasteiger partial charge in [0, 0.05) is 27.6 Å². The molecule has 96 valence electrons. The van der Waals surface area contributed by atoms with Gasteiger partial charge in [0.15, 0.2) is 0 Å². The highest BCUT2D eigenvalue weighted by Gasteiger charge is 2.24. The predicted molar refractivity (Wildman–Crippen MR) is 81.9 cm³/mol. The maximum absolute atomic E-state index is 12.5. The van der Waals surface area contributed by atoms with Crippen molar-refractivity contribution in [3.63, 3.8) is 0 Å². The second-order valence-corrected chi connectivity index (χ2v) is 6.42. The molecule has 0 unspecified atom stereocenters. The summed E-state index contributed by atoms with van der Waals surface area (Å²) in [5, 5.41) is 0. The van der Waals surface area contributed by atoms with Gasteiger partial charge in [0.05, 0.1) is 0 Å². The maximum atomic E-state index is 12.5. The highest BCUT2D eigenvalue weighted by Crippen LogP contribution is 2.26. The van der Waals surface area contributed by atoms with E-state index in [1.165, 1.54) is 11.1 Å². The Hall–Kier alpha value is -1.13. The number of amides is 1. The molecule has 0 saturated heterocycles. The third-order valence-corrected chi connectivity index (χ3v) is 4.15. The molecule has 19 heavy (non-hydrogen) atoms. The van der Waals surface area contributed by atoms with Crippen molar-refractivity contribution in [2.24, 2.45) is 0 Å². The largest absolute Gasteiger partial charge is 0.330 e. The quantitative estimate of drug-likeness (QED) is 0.719. The lowest BCUT2D eigenvalue weighted by Crippen LogP contribution is -2.25. The SMILES string of the molecule is O=C(c1cc(Br)cc(Br)c1)N1Cc2ccccc2C1. The molecule has 0 spiro atoms. The van der Waals surface area contributed by atoms with Gasteiger partial charge in [-0.2, -0.15) is 0 Å². The Kier molecular flexibility index (Phi) is 3.46. The number of carbonyl (C=O) groups excluding carboxylic acids is 1. The average Bonchev–Trinajstić information content (AvgIpc) is 2.80. The van der Waals surface area contributed by atoms with Crippen LogP contribution in [0.4, 0.5) is 0 Å². The minimum Gasteiger partial charge on any atom is -0.330 e. The van der Waals surface area contributed by atoms with E-state index in [4.69, 9.17) is 0 Å². The van der Waals surface area contributed by atoms with E-state index in [-0.39, 0.29) is 5.91 Å². The molecular weight excluding hydrogens is 370 g/mol. The number of hydrogen-bond acceptors (Lipinski definition) is 1. The molecule has 1 aliphatic rings. The summed E-state index contributed by atoms with van der Waals surface area (Å²) in [7, 11) is 0. The first-order valence-corrected chi connectivity index (χ1v) is 7.54. The summed E-state index contributed by atoms with van der Waals surface area (Å²) in [5.74, 6) is 0.0678. The van der Waals surface area contributed by atoms with Crippen molar-refractivity contribution in [1.29, 1.82) is 0 Å². The first kappa shape index (κ1) is 12.9. The molecule has 2 aromatic rings. The van der Waals surface area contributed by atoms with E-state index in [0.717, 1.165) is 8.95 Å². The Bertz CT molecular complexity index is 609. The van der Waals surface area contributed by atoms with Crippen LogP contribution < -0.4 is 0 Å². The average molecular weight is 381 g/mol. The first-order chi connectivity index (χ1) is 9.13.